The third kappa shape index (κ3) is 4.41. The van der Waals surface area contributed by atoms with Gasteiger partial charge in [0, 0.05) is 16.9 Å². The van der Waals surface area contributed by atoms with Gasteiger partial charge in [0.05, 0.1) is 0 Å². The molecule has 0 atom stereocenters. The van der Waals surface area contributed by atoms with E-state index in [4.69, 9.17) is 5.73 Å². The molecule has 0 spiro atoms. The van der Waals surface area contributed by atoms with E-state index in [1.54, 1.807) is 24.3 Å². The van der Waals surface area contributed by atoms with Crippen molar-refractivity contribution >= 4 is 17.3 Å². The van der Waals surface area contributed by atoms with Gasteiger partial charge in [-0.15, -0.1) is 13.2 Å². The van der Waals surface area contributed by atoms with Gasteiger partial charge < -0.3 is 15.8 Å². The lowest BCUT2D eigenvalue weighted by molar-refractivity contribution is -0.274. The van der Waals surface area contributed by atoms with Crippen LogP contribution < -0.4 is 15.8 Å². The first-order chi connectivity index (χ1) is 9.83. The number of nitrogens with one attached hydrogen (secondary N) is 1. The molecule has 2 aromatic rings. The van der Waals surface area contributed by atoms with E-state index in [0.29, 0.717) is 11.4 Å². The van der Waals surface area contributed by atoms with E-state index >= 15 is 0 Å². The topological polar surface area (TPSA) is 64.3 Å². The van der Waals surface area contributed by atoms with Gasteiger partial charge in [0.15, 0.2) is 0 Å². The minimum atomic E-state index is -4.76. The zero-order valence-corrected chi connectivity index (χ0v) is 10.6. The number of benzene rings is 2. The predicted molar refractivity (Wildman–Crippen MR) is 71.9 cm³/mol. The molecule has 0 aromatic heterocycles. The number of anilines is 2. The average Bonchev–Trinajstić information content (AvgIpc) is 2.40. The molecular formula is C14H11F3N2O2. The number of hydrogen-bond acceptors (Lipinski definition) is 3. The number of amides is 1. The molecule has 1 amide bonds. The number of nitrogen functional groups attached to an aromatic ring is 1. The Balaban J connectivity index is 2.04. The van der Waals surface area contributed by atoms with E-state index in [1.165, 1.54) is 12.1 Å². The fraction of sp³-hybridized carbons (Fsp3) is 0.0714. The molecule has 0 aliphatic rings. The van der Waals surface area contributed by atoms with Crippen LogP contribution in [0.4, 0.5) is 24.5 Å². The number of ether oxygens (including phenoxy) is 1. The van der Waals surface area contributed by atoms with E-state index in [0.717, 1.165) is 12.1 Å². The Morgan fingerprint density at radius 2 is 1.57 bits per heavy atom. The largest absolute Gasteiger partial charge is 0.573 e. The van der Waals surface area contributed by atoms with E-state index in [9.17, 15) is 18.0 Å². The normalized spacial score (nSPS) is 11.0. The molecule has 0 heterocycles. The predicted octanol–water partition coefficient (Wildman–Crippen LogP) is 3.42. The van der Waals surface area contributed by atoms with Crippen LogP contribution in [0, 0.1) is 0 Å². The Labute approximate surface area is 118 Å². The summed E-state index contributed by atoms with van der Waals surface area (Å²) in [5.74, 6) is -0.829. The van der Waals surface area contributed by atoms with E-state index < -0.39 is 12.3 Å². The quantitative estimate of drug-likeness (QED) is 0.853. The van der Waals surface area contributed by atoms with E-state index in [-0.39, 0.29) is 11.3 Å². The molecular weight excluding hydrogens is 285 g/mol. The molecule has 3 N–H and O–H groups in total. The van der Waals surface area contributed by atoms with Crippen LogP contribution in [0.1, 0.15) is 10.4 Å². The number of carbonyl (C=O) groups is 1. The number of carbonyl (C=O) groups excluding carboxylic acids is 1. The van der Waals surface area contributed by atoms with Crippen molar-refractivity contribution in [2.75, 3.05) is 11.1 Å². The van der Waals surface area contributed by atoms with Crippen molar-refractivity contribution in [2.45, 2.75) is 6.36 Å². The number of alkyl halides is 3. The monoisotopic (exact) mass is 296 g/mol. The Morgan fingerprint density at radius 3 is 2.10 bits per heavy atom. The number of halogens is 3. The Hall–Kier alpha value is -2.70. The summed E-state index contributed by atoms with van der Waals surface area (Å²) in [7, 11) is 0. The van der Waals surface area contributed by atoms with Crippen molar-refractivity contribution in [1.29, 1.82) is 0 Å². The second-order valence-electron chi connectivity index (χ2n) is 4.15. The molecule has 0 bridgehead atoms. The van der Waals surface area contributed by atoms with Gasteiger partial charge in [-0.05, 0) is 48.5 Å². The molecule has 0 fully saturated rings. The van der Waals surface area contributed by atoms with Crippen molar-refractivity contribution in [3.8, 4) is 5.75 Å². The molecule has 0 aliphatic heterocycles. The second-order valence-corrected chi connectivity index (χ2v) is 4.15. The zero-order chi connectivity index (χ0) is 15.5. The van der Waals surface area contributed by atoms with Crippen molar-refractivity contribution in [3.63, 3.8) is 0 Å². The van der Waals surface area contributed by atoms with Gasteiger partial charge in [-0.3, -0.25) is 4.79 Å². The highest BCUT2D eigenvalue weighted by Gasteiger charge is 2.31. The summed E-state index contributed by atoms with van der Waals surface area (Å²) in [5.41, 5.74) is 6.82. The summed E-state index contributed by atoms with van der Waals surface area (Å²) in [6.45, 7) is 0. The highest BCUT2D eigenvalue weighted by molar-refractivity contribution is 6.04. The summed E-state index contributed by atoms with van der Waals surface area (Å²) in [4.78, 5) is 11.9. The summed E-state index contributed by atoms with van der Waals surface area (Å²) in [6.07, 6.45) is -4.76. The van der Waals surface area contributed by atoms with Gasteiger partial charge in [-0.2, -0.15) is 0 Å². The second kappa shape index (κ2) is 5.74. The molecule has 2 aromatic carbocycles. The molecule has 0 saturated heterocycles. The zero-order valence-electron chi connectivity index (χ0n) is 10.6. The van der Waals surface area contributed by atoms with Crippen LogP contribution in [-0.4, -0.2) is 12.3 Å². The Kier molecular flexibility index (Phi) is 4.02. The first kappa shape index (κ1) is 14.7. The van der Waals surface area contributed by atoms with Crippen LogP contribution in [-0.2, 0) is 0 Å². The minimum absolute atomic E-state index is 0.210. The summed E-state index contributed by atoms with van der Waals surface area (Å²) < 4.78 is 39.7. The third-order valence-corrected chi connectivity index (χ3v) is 2.52. The van der Waals surface area contributed by atoms with Gasteiger partial charge in [-0.1, -0.05) is 0 Å². The molecule has 0 saturated carbocycles. The van der Waals surface area contributed by atoms with Crippen LogP contribution >= 0.6 is 0 Å². The van der Waals surface area contributed by atoms with Crippen molar-refractivity contribution in [3.05, 3.63) is 54.1 Å². The molecule has 21 heavy (non-hydrogen) atoms. The summed E-state index contributed by atoms with van der Waals surface area (Å²) in [6, 6.07) is 11.1. The van der Waals surface area contributed by atoms with Crippen molar-refractivity contribution < 1.29 is 22.7 Å². The van der Waals surface area contributed by atoms with Crippen LogP contribution in [0.5, 0.6) is 5.75 Å². The lowest BCUT2D eigenvalue weighted by Crippen LogP contribution is -2.17. The fourth-order valence-corrected chi connectivity index (χ4v) is 1.58. The van der Waals surface area contributed by atoms with Gasteiger partial charge in [-0.25, -0.2) is 0 Å². The number of rotatable bonds is 3. The molecule has 110 valence electrons. The maximum Gasteiger partial charge on any atom is 0.573 e. The summed E-state index contributed by atoms with van der Waals surface area (Å²) >= 11 is 0. The maximum atomic E-state index is 12.0. The standard InChI is InChI=1S/C14H11F3N2O2/c15-14(16,17)21-12-7-1-9(2-8-12)13(20)19-11-5-3-10(18)4-6-11/h1-8H,18H2,(H,19,20). The average molecular weight is 296 g/mol. The van der Waals surface area contributed by atoms with E-state index in [2.05, 4.69) is 10.1 Å². The Morgan fingerprint density at radius 1 is 1.00 bits per heavy atom. The number of hydrogen-bond donors (Lipinski definition) is 2. The van der Waals surface area contributed by atoms with E-state index in [1.807, 2.05) is 0 Å². The minimum Gasteiger partial charge on any atom is -0.406 e. The SMILES string of the molecule is Nc1ccc(NC(=O)c2ccc(OC(F)(F)F)cc2)cc1. The van der Waals surface area contributed by atoms with Gasteiger partial charge in [0.1, 0.15) is 5.75 Å². The maximum absolute atomic E-state index is 12.0. The lowest BCUT2D eigenvalue weighted by atomic mass is 10.2. The van der Waals surface area contributed by atoms with Crippen LogP contribution in [0.3, 0.4) is 0 Å². The number of nitrogens with two attached hydrogens (primary N) is 1. The molecule has 0 aliphatic carbocycles. The lowest BCUT2D eigenvalue weighted by Gasteiger charge is -2.09. The first-order valence-corrected chi connectivity index (χ1v) is 5.86. The summed E-state index contributed by atoms with van der Waals surface area (Å²) in [5, 5.41) is 2.60. The van der Waals surface area contributed by atoms with Gasteiger partial charge in [0.2, 0.25) is 0 Å². The molecule has 7 heteroatoms. The van der Waals surface area contributed by atoms with Crippen molar-refractivity contribution in [2.24, 2.45) is 0 Å². The van der Waals surface area contributed by atoms with Crippen molar-refractivity contribution in [1.82, 2.24) is 0 Å². The highest BCUT2D eigenvalue weighted by Crippen LogP contribution is 2.23. The fourth-order valence-electron chi connectivity index (χ4n) is 1.58. The molecule has 0 radical (unpaired) electrons. The van der Waals surface area contributed by atoms with Gasteiger partial charge >= 0.3 is 6.36 Å². The highest BCUT2D eigenvalue weighted by atomic mass is 19.4. The van der Waals surface area contributed by atoms with Crippen LogP contribution in [0.2, 0.25) is 0 Å². The molecule has 2 rings (SSSR count). The smallest absolute Gasteiger partial charge is 0.406 e. The Bertz CT molecular complexity index is 622. The van der Waals surface area contributed by atoms with Crippen LogP contribution in [0.15, 0.2) is 48.5 Å². The van der Waals surface area contributed by atoms with Gasteiger partial charge in [0.25, 0.3) is 5.91 Å². The molecule has 0 unspecified atom stereocenters. The van der Waals surface area contributed by atoms with Crippen LogP contribution in [0.25, 0.3) is 0 Å². The first-order valence-electron chi connectivity index (χ1n) is 5.86. The molecule has 4 nitrogen and oxygen atoms in total. The third-order valence-electron chi connectivity index (χ3n) is 2.52.